The van der Waals surface area contributed by atoms with E-state index in [2.05, 4.69) is 21.2 Å². The second-order valence-corrected chi connectivity index (χ2v) is 5.20. The van der Waals surface area contributed by atoms with Gasteiger partial charge in [-0.05, 0) is 25.1 Å². The molecule has 5 nitrogen and oxygen atoms in total. The third kappa shape index (κ3) is 5.48. The molecule has 1 aromatic rings. The number of carbonyl (C=O) groups excluding carboxylic acids is 2. The van der Waals surface area contributed by atoms with Gasteiger partial charge in [-0.25, -0.2) is 0 Å². The minimum Gasteiger partial charge on any atom is -0.343 e. The van der Waals surface area contributed by atoms with E-state index in [1.807, 2.05) is 13.0 Å². The van der Waals surface area contributed by atoms with Gasteiger partial charge >= 0.3 is 0 Å². The van der Waals surface area contributed by atoms with Gasteiger partial charge in [0.15, 0.2) is 0 Å². The van der Waals surface area contributed by atoms with Crippen molar-refractivity contribution in [3.05, 3.63) is 34.3 Å². The summed E-state index contributed by atoms with van der Waals surface area (Å²) in [5.41, 5.74) is 6.00. The third-order valence-corrected chi connectivity index (χ3v) is 3.38. The predicted molar refractivity (Wildman–Crippen MR) is 85.0 cm³/mol. The maximum Gasteiger partial charge on any atom is 0.251 e. The topological polar surface area (TPSA) is 75.4 Å². The molecule has 1 atom stereocenters. The Kier molecular flexibility index (Phi) is 8.45. The summed E-state index contributed by atoms with van der Waals surface area (Å²) in [6, 6.07) is 6.94. The molecule has 0 radical (unpaired) electrons. The number of nitrogens with zero attached hydrogens (tertiary/aromatic N) is 1. The van der Waals surface area contributed by atoms with Gasteiger partial charge in [-0.15, -0.1) is 12.4 Å². The minimum absolute atomic E-state index is 0. The zero-order chi connectivity index (χ0) is 14.4. The van der Waals surface area contributed by atoms with Crippen LogP contribution in [-0.2, 0) is 4.79 Å². The van der Waals surface area contributed by atoms with Crippen LogP contribution in [-0.4, -0.2) is 42.9 Å². The Labute approximate surface area is 133 Å². The first-order chi connectivity index (χ1) is 8.95. The van der Waals surface area contributed by atoms with Crippen molar-refractivity contribution in [3.63, 3.8) is 0 Å². The molecule has 0 aliphatic heterocycles. The van der Waals surface area contributed by atoms with E-state index in [0.29, 0.717) is 12.1 Å². The molecule has 2 amide bonds. The molecule has 1 aromatic carbocycles. The second kappa shape index (κ2) is 8.94. The number of hydrogen-bond acceptors (Lipinski definition) is 3. The molecule has 0 aliphatic carbocycles. The number of rotatable bonds is 5. The molecule has 0 saturated heterocycles. The molecule has 0 aromatic heterocycles. The third-order valence-electron chi connectivity index (χ3n) is 2.88. The molecule has 112 valence electrons. The maximum atomic E-state index is 11.8. The molecule has 3 N–H and O–H groups in total. The van der Waals surface area contributed by atoms with Gasteiger partial charge in [-0.2, -0.15) is 0 Å². The maximum absolute atomic E-state index is 11.8. The normalized spacial score (nSPS) is 11.2. The van der Waals surface area contributed by atoms with Crippen LogP contribution in [0.4, 0.5) is 0 Å². The number of halogens is 2. The summed E-state index contributed by atoms with van der Waals surface area (Å²) in [6.07, 6.45) is 0. The Morgan fingerprint density at radius 2 is 2.10 bits per heavy atom. The molecule has 0 fully saturated rings. The van der Waals surface area contributed by atoms with E-state index in [-0.39, 0.29) is 36.8 Å². The van der Waals surface area contributed by atoms with Crippen LogP contribution in [0.25, 0.3) is 0 Å². The highest BCUT2D eigenvalue weighted by atomic mass is 79.9. The quantitative estimate of drug-likeness (QED) is 0.829. The van der Waals surface area contributed by atoms with Crippen LogP contribution >= 0.6 is 28.3 Å². The van der Waals surface area contributed by atoms with Gasteiger partial charge in [0.05, 0.1) is 6.54 Å². The van der Waals surface area contributed by atoms with Crippen LogP contribution in [0.3, 0.4) is 0 Å². The van der Waals surface area contributed by atoms with E-state index in [9.17, 15) is 9.59 Å². The Morgan fingerprint density at radius 3 is 2.65 bits per heavy atom. The Morgan fingerprint density at radius 1 is 1.45 bits per heavy atom. The van der Waals surface area contributed by atoms with Gasteiger partial charge in [0.2, 0.25) is 5.91 Å². The molecule has 0 aliphatic rings. The van der Waals surface area contributed by atoms with Crippen molar-refractivity contribution in [2.45, 2.75) is 13.0 Å². The number of carbonyl (C=O) groups is 2. The fourth-order valence-corrected chi connectivity index (χ4v) is 1.82. The molecule has 1 unspecified atom stereocenters. The van der Waals surface area contributed by atoms with Crippen molar-refractivity contribution in [1.29, 1.82) is 0 Å². The lowest BCUT2D eigenvalue weighted by molar-refractivity contribution is -0.130. The first kappa shape index (κ1) is 18.9. The van der Waals surface area contributed by atoms with Crippen molar-refractivity contribution in [3.8, 4) is 0 Å². The number of nitrogens with two attached hydrogens (primary N) is 1. The van der Waals surface area contributed by atoms with Crippen LogP contribution in [0.15, 0.2) is 28.7 Å². The number of benzene rings is 1. The Balaban J connectivity index is 0.00000361. The monoisotopic (exact) mass is 363 g/mol. The average Bonchev–Trinajstić information content (AvgIpc) is 2.42. The second-order valence-electron chi connectivity index (χ2n) is 4.28. The highest BCUT2D eigenvalue weighted by Gasteiger charge is 2.15. The average molecular weight is 365 g/mol. The van der Waals surface area contributed by atoms with Gasteiger partial charge in [0.1, 0.15) is 0 Å². The fourth-order valence-electron chi connectivity index (χ4n) is 1.42. The summed E-state index contributed by atoms with van der Waals surface area (Å²) >= 11 is 3.29. The molecule has 0 heterocycles. The van der Waals surface area contributed by atoms with Crippen LogP contribution in [0.5, 0.6) is 0 Å². The molecule has 0 bridgehead atoms. The lowest BCUT2D eigenvalue weighted by Crippen LogP contribution is -2.44. The summed E-state index contributed by atoms with van der Waals surface area (Å²) in [7, 11) is 1.67. The Bertz CT molecular complexity index is 471. The van der Waals surface area contributed by atoms with Crippen molar-refractivity contribution >= 4 is 40.2 Å². The van der Waals surface area contributed by atoms with Crippen molar-refractivity contribution in [2.75, 3.05) is 20.1 Å². The number of nitrogens with one attached hydrogen (secondary N) is 1. The molecular formula is C13H19BrClN3O2. The number of amides is 2. The van der Waals surface area contributed by atoms with E-state index in [1.54, 1.807) is 25.2 Å². The molecular weight excluding hydrogens is 346 g/mol. The van der Waals surface area contributed by atoms with Gasteiger partial charge < -0.3 is 16.0 Å². The SMILES string of the molecule is CC(CN)N(C)C(=O)CNC(=O)c1cccc(Br)c1.Cl. The molecule has 0 spiro atoms. The summed E-state index contributed by atoms with van der Waals surface area (Å²) in [5.74, 6) is -0.440. The highest BCUT2D eigenvalue weighted by Crippen LogP contribution is 2.11. The van der Waals surface area contributed by atoms with Crippen molar-refractivity contribution in [1.82, 2.24) is 10.2 Å². The smallest absolute Gasteiger partial charge is 0.251 e. The first-order valence-electron chi connectivity index (χ1n) is 5.95. The summed E-state index contributed by atoms with van der Waals surface area (Å²) in [5, 5.41) is 2.59. The molecule has 1 rings (SSSR count). The first-order valence-corrected chi connectivity index (χ1v) is 6.74. The van der Waals surface area contributed by atoms with Gasteiger partial charge in [0, 0.05) is 29.7 Å². The molecule has 20 heavy (non-hydrogen) atoms. The Hall–Kier alpha value is -1.11. The largest absolute Gasteiger partial charge is 0.343 e. The van der Waals surface area contributed by atoms with E-state index < -0.39 is 0 Å². The highest BCUT2D eigenvalue weighted by molar-refractivity contribution is 9.10. The standard InChI is InChI=1S/C13H18BrN3O2.ClH/c1-9(7-15)17(2)12(18)8-16-13(19)10-4-3-5-11(14)6-10;/h3-6,9H,7-8,15H2,1-2H3,(H,16,19);1H. The zero-order valence-corrected chi connectivity index (χ0v) is 13.8. The van der Waals surface area contributed by atoms with Gasteiger partial charge in [-0.1, -0.05) is 22.0 Å². The van der Waals surface area contributed by atoms with E-state index in [4.69, 9.17) is 5.73 Å². The zero-order valence-electron chi connectivity index (χ0n) is 11.4. The van der Waals surface area contributed by atoms with E-state index in [1.165, 1.54) is 4.90 Å². The fraction of sp³-hybridized carbons (Fsp3) is 0.385. The van der Waals surface area contributed by atoms with E-state index >= 15 is 0 Å². The van der Waals surface area contributed by atoms with Crippen LogP contribution < -0.4 is 11.1 Å². The summed E-state index contributed by atoms with van der Waals surface area (Å²) < 4.78 is 0.820. The van der Waals surface area contributed by atoms with Crippen LogP contribution in [0.2, 0.25) is 0 Å². The summed E-state index contributed by atoms with van der Waals surface area (Å²) in [6.45, 7) is 2.21. The van der Waals surface area contributed by atoms with E-state index in [0.717, 1.165) is 4.47 Å². The minimum atomic E-state index is -0.275. The molecule has 0 saturated carbocycles. The van der Waals surface area contributed by atoms with Crippen LogP contribution in [0, 0.1) is 0 Å². The van der Waals surface area contributed by atoms with Gasteiger partial charge in [-0.3, -0.25) is 9.59 Å². The lowest BCUT2D eigenvalue weighted by atomic mass is 10.2. The van der Waals surface area contributed by atoms with Crippen LogP contribution in [0.1, 0.15) is 17.3 Å². The predicted octanol–water partition coefficient (Wildman–Crippen LogP) is 1.41. The number of hydrogen-bond donors (Lipinski definition) is 2. The van der Waals surface area contributed by atoms with Crippen molar-refractivity contribution in [2.24, 2.45) is 5.73 Å². The molecule has 7 heteroatoms. The van der Waals surface area contributed by atoms with Crippen molar-refractivity contribution < 1.29 is 9.59 Å². The van der Waals surface area contributed by atoms with Gasteiger partial charge in [0.25, 0.3) is 5.91 Å². The lowest BCUT2D eigenvalue weighted by Gasteiger charge is -2.23. The number of likely N-dealkylation sites (N-methyl/N-ethyl adjacent to an activating group) is 1. The summed E-state index contributed by atoms with van der Waals surface area (Å²) in [4.78, 5) is 25.2.